The van der Waals surface area contributed by atoms with Crippen molar-refractivity contribution in [1.29, 1.82) is 0 Å². The Hall–Kier alpha value is -3.89. The smallest absolute Gasteiger partial charge is 0.450 e. The van der Waals surface area contributed by atoms with E-state index in [1.165, 1.54) is 12.1 Å². The highest BCUT2D eigenvalue weighted by Crippen LogP contribution is 2.31. The Balaban J connectivity index is 1.54. The zero-order valence-electron chi connectivity index (χ0n) is 19.7. The molecule has 0 bridgehead atoms. The third-order valence-corrected chi connectivity index (χ3v) is 7.52. The summed E-state index contributed by atoms with van der Waals surface area (Å²) in [6.07, 6.45) is -3.34. The number of carbonyl (C=O) groups is 2. The fourth-order valence-electron chi connectivity index (χ4n) is 3.99. The Morgan fingerprint density at radius 3 is 2.11 bits per heavy atom. The van der Waals surface area contributed by atoms with Crippen LogP contribution in [-0.4, -0.2) is 42.4 Å². The van der Waals surface area contributed by atoms with E-state index in [9.17, 15) is 18.0 Å². The average Bonchev–Trinajstić information content (AvgIpc) is 2.83. The lowest BCUT2D eigenvalue weighted by Crippen LogP contribution is -2.46. The highest BCUT2D eigenvalue weighted by Gasteiger charge is 2.38. The molecule has 0 aromatic heterocycles. The fourth-order valence-corrected chi connectivity index (χ4v) is 5.48. The van der Waals surface area contributed by atoms with Crippen molar-refractivity contribution in [3.05, 3.63) is 83.9 Å². The van der Waals surface area contributed by atoms with Crippen molar-refractivity contribution in [1.82, 2.24) is 4.31 Å². The molecule has 188 valence electrons. The molecule has 10 heteroatoms. The van der Waals surface area contributed by atoms with Crippen LogP contribution in [0.4, 0.5) is 15.3 Å². The van der Waals surface area contributed by atoms with Gasteiger partial charge in [0.15, 0.2) is 6.23 Å². The number of nitrogens with zero attached hydrogens (tertiary/aromatic N) is 1. The summed E-state index contributed by atoms with van der Waals surface area (Å²) in [4.78, 5) is 23.0. The Labute approximate surface area is 209 Å². The number of anilines is 1. The van der Waals surface area contributed by atoms with Crippen LogP contribution in [0.25, 0.3) is 11.1 Å². The zero-order chi connectivity index (χ0) is 25.9. The SMILES string of the molecule is CC(C)OC(=O)Nc1ccc(-c2ccc(S(=O)(=O)N3Cc4ccccc4C[C@H]3OC(=O)O)cc2)cc1. The molecule has 1 amide bonds. The number of carbonyl (C=O) groups excluding carboxylic acids is 1. The van der Waals surface area contributed by atoms with Crippen LogP contribution >= 0.6 is 0 Å². The van der Waals surface area contributed by atoms with Gasteiger partial charge in [-0.1, -0.05) is 48.5 Å². The van der Waals surface area contributed by atoms with Crippen LogP contribution in [0, 0.1) is 0 Å². The molecule has 0 unspecified atom stereocenters. The van der Waals surface area contributed by atoms with E-state index in [1.54, 1.807) is 50.2 Å². The van der Waals surface area contributed by atoms with E-state index in [0.29, 0.717) is 5.69 Å². The lowest BCUT2D eigenvalue weighted by Gasteiger charge is -2.34. The summed E-state index contributed by atoms with van der Waals surface area (Å²) in [7, 11) is -4.05. The zero-order valence-corrected chi connectivity index (χ0v) is 20.6. The number of amides is 1. The van der Waals surface area contributed by atoms with Gasteiger partial charge >= 0.3 is 12.2 Å². The molecule has 0 saturated heterocycles. The van der Waals surface area contributed by atoms with E-state index in [1.807, 2.05) is 24.3 Å². The summed E-state index contributed by atoms with van der Waals surface area (Å²) < 4.78 is 38.0. The van der Waals surface area contributed by atoms with E-state index >= 15 is 0 Å². The summed E-state index contributed by atoms with van der Waals surface area (Å²) in [5.41, 5.74) is 3.81. The van der Waals surface area contributed by atoms with Crippen molar-refractivity contribution >= 4 is 28.0 Å². The van der Waals surface area contributed by atoms with Gasteiger partial charge in [0, 0.05) is 18.7 Å². The first-order chi connectivity index (χ1) is 17.1. The van der Waals surface area contributed by atoms with Crippen molar-refractivity contribution in [2.45, 2.75) is 44.0 Å². The van der Waals surface area contributed by atoms with E-state index in [-0.39, 0.29) is 24.0 Å². The van der Waals surface area contributed by atoms with Gasteiger partial charge < -0.3 is 14.6 Å². The maximum atomic E-state index is 13.5. The highest BCUT2D eigenvalue weighted by atomic mass is 32.2. The molecule has 9 nitrogen and oxygen atoms in total. The number of fused-ring (bicyclic) bond motifs is 1. The van der Waals surface area contributed by atoms with Gasteiger partial charge in [-0.25, -0.2) is 18.0 Å². The van der Waals surface area contributed by atoms with Crippen molar-refractivity contribution in [2.75, 3.05) is 5.32 Å². The molecule has 1 aliphatic heterocycles. The standard InChI is InChI=1S/C26H26N2O7S/c1-17(2)34-25(29)27-22-11-7-18(8-12-22)19-9-13-23(14-10-19)36(32,33)28-16-21-6-4-3-5-20(21)15-24(28)35-26(30)31/h3-14,17,24H,15-16H2,1-2H3,(H,27,29)(H,30,31)/t24-/m1/s1. The number of sulfonamides is 1. The van der Waals surface area contributed by atoms with Crippen molar-refractivity contribution in [2.24, 2.45) is 0 Å². The fraction of sp³-hybridized carbons (Fsp3) is 0.231. The Bertz CT molecular complexity index is 1350. The minimum atomic E-state index is -4.05. The third-order valence-electron chi connectivity index (χ3n) is 5.67. The molecule has 0 saturated carbocycles. The first kappa shape index (κ1) is 25.2. The average molecular weight is 511 g/mol. The maximum Gasteiger partial charge on any atom is 0.507 e. The molecule has 1 heterocycles. The molecule has 0 spiro atoms. The van der Waals surface area contributed by atoms with Crippen LogP contribution in [0.3, 0.4) is 0 Å². The Morgan fingerprint density at radius 1 is 0.944 bits per heavy atom. The van der Waals surface area contributed by atoms with E-state index in [0.717, 1.165) is 26.6 Å². The number of rotatable bonds is 6. The van der Waals surface area contributed by atoms with Gasteiger partial charge in [0.1, 0.15) is 0 Å². The largest absolute Gasteiger partial charge is 0.507 e. The van der Waals surface area contributed by atoms with E-state index in [2.05, 4.69) is 5.32 Å². The first-order valence-corrected chi connectivity index (χ1v) is 12.7. The van der Waals surface area contributed by atoms with Gasteiger partial charge in [-0.15, -0.1) is 0 Å². The molecular weight excluding hydrogens is 484 g/mol. The molecular formula is C26H26N2O7S. The Kier molecular flexibility index (Phi) is 7.27. The van der Waals surface area contributed by atoms with E-state index in [4.69, 9.17) is 14.6 Å². The molecule has 0 radical (unpaired) electrons. The third kappa shape index (κ3) is 5.67. The number of nitrogens with one attached hydrogen (secondary N) is 1. The van der Waals surface area contributed by atoms with Crippen LogP contribution in [0.15, 0.2) is 77.7 Å². The van der Waals surface area contributed by atoms with Crippen LogP contribution in [0.2, 0.25) is 0 Å². The number of carboxylic acid groups (broad SMARTS) is 1. The number of benzene rings is 3. The second-order valence-electron chi connectivity index (χ2n) is 8.54. The van der Waals surface area contributed by atoms with Gasteiger partial charge in [-0.3, -0.25) is 5.32 Å². The lowest BCUT2D eigenvalue weighted by molar-refractivity contribution is -0.00660. The second-order valence-corrected chi connectivity index (χ2v) is 10.4. The molecule has 1 atom stereocenters. The van der Waals surface area contributed by atoms with Gasteiger partial charge in [-0.05, 0) is 60.4 Å². The molecule has 2 N–H and O–H groups in total. The minimum absolute atomic E-state index is 0.00586. The topological polar surface area (TPSA) is 122 Å². The molecule has 3 aromatic rings. The maximum absolute atomic E-state index is 13.5. The lowest BCUT2D eigenvalue weighted by atomic mass is 10.0. The van der Waals surface area contributed by atoms with Crippen molar-refractivity contribution in [3.8, 4) is 11.1 Å². The van der Waals surface area contributed by atoms with Crippen LogP contribution in [0.5, 0.6) is 0 Å². The Morgan fingerprint density at radius 2 is 1.53 bits per heavy atom. The summed E-state index contributed by atoms with van der Waals surface area (Å²) in [5, 5.41) is 11.8. The van der Waals surface area contributed by atoms with Gasteiger partial charge in [0.25, 0.3) is 0 Å². The predicted octanol–water partition coefficient (Wildman–Crippen LogP) is 5.08. The second kappa shape index (κ2) is 10.4. The van der Waals surface area contributed by atoms with Crippen molar-refractivity contribution < 1.29 is 32.6 Å². The van der Waals surface area contributed by atoms with Crippen LogP contribution in [-0.2, 0) is 32.5 Å². The van der Waals surface area contributed by atoms with Gasteiger partial charge in [0.05, 0.1) is 11.0 Å². The molecule has 0 aliphatic carbocycles. The number of hydrogen-bond donors (Lipinski definition) is 2. The van der Waals surface area contributed by atoms with Gasteiger partial charge in [-0.2, -0.15) is 4.31 Å². The summed E-state index contributed by atoms with van der Waals surface area (Å²) in [6.45, 7) is 3.53. The predicted molar refractivity (Wildman–Crippen MR) is 133 cm³/mol. The summed E-state index contributed by atoms with van der Waals surface area (Å²) >= 11 is 0. The van der Waals surface area contributed by atoms with Crippen molar-refractivity contribution in [3.63, 3.8) is 0 Å². The molecule has 1 aliphatic rings. The van der Waals surface area contributed by atoms with Gasteiger partial charge in [0.2, 0.25) is 10.0 Å². The molecule has 3 aromatic carbocycles. The summed E-state index contributed by atoms with van der Waals surface area (Å²) in [6, 6.07) is 20.6. The van der Waals surface area contributed by atoms with E-state index < -0.39 is 28.5 Å². The molecule has 36 heavy (non-hydrogen) atoms. The highest BCUT2D eigenvalue weighted by molar-refractivity contribution is 7.89. The molecule has 0 fully saturated rings. The number of ether oxygens (including phenoxy) is 2. The number of hydrogen-bond acceptors (Lipinski definition) is 6. The quantitative estimate of drug-likeness (QED) is 0.444. The monoisotopic (exact) mass is 510 g/mol. The summed E-state index contributed by atoms with van der Waals surface area (Å²) in [5.74, 6) is 0. The first-order valence-electron chi connectivity index (χ1n) is 11.3. The minimum Gasteiger partial charge on any atom is -0.450 e. The normalized spacial score (nSPS) is 15.7. The van der Waals surface area contributed by atoms with Crippen LogP contribution < -0.4 is 5.32 Å². The van der Waals surface area contributed by atoms with Crippen LogP contribution in [0.1, 0.15) is 25.0 Å². The molecule has 4 rings (SSSR count).